The summed E-state index contributed by atoms with van der Waals surface area (Å²) >= 11 is 18.4. The molecule has 1 N–H and O–H groups in total. The van der Waals surface area contributed by atoms with E-state index in [-0.39, 0.29) is 24.8 Å². The molecule has 0 aromatic heterocycles. The predicted octanol–water partition coefficient (Wildman–Crippen LogP) is 5.52. The monoisotopic (exact) mass is 454 g/mol. The Labute approximate surface area is 187 Å². The fourth-order valence-corrected chi connectivity index (χ4v) is 3.55. The largest absolute Gasteiger partial charge is 0.354 e. The second-order valence-electron chi connectivity index (χ2n) is 6.75. The Kier molecular flexibility index (Phi) is 9.28. The smallest absolute Gasteiger partial charge is 0.242 e. The van der Waals surface area contributed by atoms with Crippen molar-refractivity contribution in [1.82, 2.24) is 10.2 Å². The molecule has 0 radical (unpaired) electrons. The van der Waals surface area contributed by atoms with Gasteiger partial charge in [-0.3, -0.25) is 9.59 Å². The highest BCUT2D eigenvalue weighted by Gasteiger charge is 2.28. The first-order valence-electron chi connectivity index (χ1n) is 9.61. The van der Waals surface area contributed by atoms with E-state index in [0.29, 0.717) is 28.0 Å². The summed E-state index contributed by atoms with van der Waals surface area (Å²) in [6.45, 7) is 4.69. The van der Waals surface area contributed by atoms with Crippen LogP contribution in [0.2, 0.25) is 15.1 Å². The average molecular weight is 456 g/mol. The van der Waals surface area contributed by atoms with Gasteiger partial charge in [0.15, 0.2) is 0 Å². The molecule has 156 valence electrons. The molecule has 0 aliphatic rings. The number of amides is 2. The second-order valence-corrected chi connectivity index (χ2v) is 7.97. The SMILES string of the molecule is CCCNC(=O)[C@@H](CC)N(Cc1ccc(Cl)c(Cl)c1)C(=O)Cc1ccccc1Cl. The minimum absolute atomic E-state index is 0.110. The summed E-state index contributed by atoms with van der Waals surface area (Å²) in [5.41, 5.74) is 1.52. The van der Waals surface area contributed by atoms with Crippen LogP contribution in [-0.4, -0.2) is 29.3 Å². The van der Waals surface area contributed by atoms with Crippen molar-refractivity contribution >= 4 is 46.6 Å². The highest BCUT2D eigenvalue weighted by Crippen LogP contribution is 2.25. The van der Waals surface area contributed by atoms with Crippen molar-refractivity contribution in [3.63, 3.8) is 0 Å². The molecule has 0 bridgehead atoms. The van der Waals surface area contributed by atoms with E-state index < -0.39 is 6.04 Å². The van der Waals surface area contributed by atoms with Gasteiger partial charge >= 0.3 is 0 Å². The molecule has 0 spiro atoms. The van der Waals surface area contributed by atoms with Gasteiger partial charge in [0, 0.05) is 18.1 Å². The highest BCUT2D eigenvalue weighted by molar-refractivity contribution is 6.42. The molecular formula is C22H25Cl3N2O2. The number of nitrogens with one attached hydrogen (secondary N) is 1. The molecule has 0 heterocycles. The number of hydrogen-bond acceptors (Lipinski definition) is 2. The van der Waals surface area contributed by atoms with Gasteiger partial charge in [-0.25, -0.2) is 0 Å². The fraction of sp³-hybridized carbons (Fsp3) is 0.364. The zero-order chi connectivity index (χ0) is 21.4. The first-order chi connectivity index (χ1) is 13.9. The van der Waals surface area contributed by atoms with E-state index in [9.17, 15) is 9.59 Å². The third-order valence-electron chi connectivity index (χ3n) is 4.57. The lowest BCUT2D eigenvalue weighted by atomic mass is 10.1. The number of nitrogens with zero attached hydrogens (tertiary/aromatic N) is 1. The van der Waals surface area contributed by atoms with Gasteiger partial charge in [-0.05, 0) is 42.2 Å². The Morgan fingerprint density at radius 2 is 1.72 bits per heavy atom. The molecule has 4 nitrogen and oxygen atoms in total. The van der Waals surface area contributed by atoms with Gasteiger partial charge in [0.25, 0.3) is 0 Å². The van der Waals surface area contributed by atoms with Gasteiger partial charge in [-0.1, -0.05) is 72.9 Å². The minimum atomic E-state index is -0.592. The van der Waals surface area contributed by atoms with E-state index in [0.717, 1.165) is 17.5 Å². The van der Waals surface area contributed by atoms with Crippen LogP contribution in [0.1, 0.15) is 37.8 Å². The van der Waals surface area contributed by atoms with E-state index in [4.69, 9.17) is 34.8 Å². The molecule has 29 heavy (non-hydrogen) atoms. The summed E-state index contributed by atoms with van der Waals surface area (Å²) in [4.78, 5) is 27.6. The lowest BCUT2D eigenvalue weighted by Crippen LogP contribution is -2.49. The number of rotatable bonds is 9. The van der Waals surface area contributed by atoms with Crippen LogP contribution in [0.5, 0.6) is 0 Å². The second kappa shape index (κ2) is 11.4. The van der Waals surface area contributed by atoms with Crippen LogP contribution in [0.4, 0.5) is 0 Å². The number of carbonyl (C=O) groups excluding carboxylic acids is 2. The number of carbonyl (C=O) groups is 2. The van der Waals surface area contributed by atoms with Crippen LogP contribution in [0.25, 0.3) is 0 Å². The van der Waals surface area contributed by atoms with E-state index in [2.05, 4.69) is 5.32 Å². The molecule has 1 atom stereocenters. The van der Waals surface area contributed by atoms with Gasteiger partial charge < -0.3 is 10.2 Å². The van der Waals surface area contributed by atoms with Crippen LogP contribution in [-0.2, 0) is 22.6 Å². The molecule has 2 amide bonds. The Morgan fingerprint density at radius 1 is 1.00 bits per heavy atom. The molecule has 0 unspecified atom stereocenters. The Morgan fingerprint density at radius 3 is 2.34 bits per heavy atom. The van der Waals surface area contributed by atoms with Crippen molar-refractivity contribution < 1.29 is 9.59 Å². The first kappa shape index (κ1) is 23.5. The third kappa shape index (κ3) is 6.63. The maximum atomic E-state index is 13.2. The van der Waals surface area contributed by atoms with Crippen molar-refractivity contribution in [2.24, 2.45) is 0 Å². The van der Waals surface area contributed by atoms with Gasteiger partial charge in [0.1, 0.15) is 6.04 Å². The Bertz CT molecular complexity index is 858. The molecule has 2 rings (SSSR count). The van der Waals surface area contributed by atoms with Crippen molar-refractivity contribution in [1.29, 1.82) is 0 Å². The Balaban J connectivity index is 2.32. The van der Waals surface area contributed by atoms with Crippen molar-refractivity contribution in [2.75, 3.05) is 6.54 Å². The summed E-state index contributed by atoms with van der Waals surface area (Å²) in [6.07, 6.45) is 1.42. The topological polar surface area (TPSA) is 49.4 Å². The average Bonchev–Trinajstić information content (AvgIpc) is 2.70. The zero-order valence-electron chi connectivity index (χ0n) is 16.6. The number of hydrogen-bond donors (Lipinski definition) is 1. The maximum absolute atomic E-state index is 13.2. The molecule has 2 aromatic carbocycles. The summed E-state index contributed by atoms with van der Waals surface area (Å²) in [5, 5.41) is 4.27. The molecular weight excluding hydrogens is 431 g/mol. The lowest BCUT2D eigenvalue weighted by Gasteiger charge is -2.31. The maximum Gasteiger partial charge on any atom is 0.242 e. The van der Waals surface area contributed by atoms with E-state index in [1.807, 2.05) is 32.0 Å². The quantitative estimate of drug-likeness (QED) is 0.541. The first-order valence-corrected chi connectivity index (χ1v) is 10.7. The van der Waals surface area contributed by atoms with Crippen molar-refractivity contribution in [2.45, 2.75) is 45.7 Å². The molecule has 7 heteroatoms. The number of benzene rings is 2. The van der Waals surface area contributed by atoms with E-state index >= 15 is 0 Å². The summed E-state index contributed by atoms with van der Waals surface area (Å²) < 4.78 is 0. The number of halogens is 3. The van der Waals surface area contributed by atoms with Gasteiger partial charge in [0.05, 0.1) is 16.5 Å². The van der Waals surface area contributed by atoms with E-state index in [1.54, 1.807) is 29.2 Å². The fourth-order valence-electron chi connectivity index (χ4n) is 3.03. The van der Waals surface area contributed by atoms with Crippen LogP contribution in [0, 0.1) is 0 Å². The molecule has 0 fully saturated rings. The molecule has 2 aromatic rings. The van der Waals surface area contributed by atoms with Crippen LogP contribution in [0.3, 0.4) is 0 Å². The summed E-state index contributed by atoms with van der Waals surface area (Å²) in [7, 11) is 0. The molecule has 0 saturated carbocycles. The van der Waals surface area contributed by atoms with E-state index in [1.165, 1.54) is 0 Å². The van der Waals surface area contributed by atoms with Crippen LogP contribution >= 0.6 is 34.8 Å². The van der Waals surface area contributed by atoms with Crippen molar-refractivity contribution in [3.8, 4) is 0 Å². The third-order valence-corrected chi connectivity index (χ3v) is 5.68. The molecule has 0 aliphatic carbocycles. The lowest BCUT2D eigenvalue weighted by molar-refractivity contribution is -0.140. The Hall–Kier alpha value is -1.75. The standard InChI is InChI=1S/C22H25Cl3N2O2/c1-3-11-26-22(29)20(4-2)27(14-15-9-10-18(24)19(25)12-15)21(28)13-16-7-5-6-8-17(16)23/h5-10,12,20H,3-4,11,13-14H2,1-2H3,(H,26,29)/t20-/m1/s1. The predicted molar refractivity (Wildman–Crippen MR) is 120 cm³/mol. The van der Waals surface area contributed by atoms with Crippen LogP contribution in [0.15, 0.2) is 42.5 Å². The highest BCUT2D eigenvalue weighted by atomic mass is 35.5. The normalized spacial score (nSPS) is 11.8. The summed E-state index contributed by atoms with van der Waals surface area (Å²) in [5.74, 6) is -0.343. The van der Waals surface area contributed by atoms with Gasteiger partial charge in [-0.2, -0.15) is 0 Å². The van der Waals surface area contributed by atoms with Crippen LogP contribution < -0.4 is 5.32 Å². The molecule has 0 aliphatic heterocycles. The molecule has 0 saturated heterocycles. The van der Waals surface area contributed by atoms with Gasteiger partial charge in [-0.15, -0.1) is 0 Å². The summed E-state index contributed by atoms with van der Waals surface area (Å²) in [6, 6.07) is 11.8. The van der Waals surface area contributed by atoms with Gasteiger partial charge in [0.2, 0.25) is 11.8 Å². The minimum Gasteiger partial charge on any atom is -0.354 e. The zero-order valence-corrected chi connectivity index (χ0v) is 18.8. The van der Waals surface area contributed by atoms with Crippen molar-refractivity contribution in [3.05, 3.63) is 68.7 Å².